The Bertz CT molecular complexity index is 1540. The van der Waals surface area contributed by atoms with Crippen LogP contribution in [0, 0.1) is 0 Å². The maximum Gasteiger partial charge on any atom is 0.338 e. The number of thiophene rings is 1. The third-order valence-electron chi connectivity index (χ3n) is 5.45. The molecular formula is C25H20N2O3S2. The van der Waals surface area contributed by atoms with Crippen molar-refractivity contribution < 1.29 is 9.53 Å². The summed E-state index contributed by atoms with van der Waals surface area (Å²) in [6, 6.07) is 17.3. The van der Waals surface area contributed by atoms with Gasteiger partial charge in [0, 0.05) is 4.88 Å². The van der Waals surface area contributed by atoms with Gasteiger partial charge in [0.2, 0.25) is 0 Å². The molecule has 0 aliphatic carbocycles. The first-order valence-electron chi connectivity index (χ1n) is 10.3. The zero-order valence-corrected chi connectivity index (χ0v) is 19.2. The molecule has 7 heteroatoms. The average molecular weight is 461 g/mol. The van der Waals surface area contributed by atoms with E-state index in [1.165, 1.54) is 11.3 Å². The highest BCUT2D eigenvalue weighted by atomic mass is 32.1. The van der Waals surface area contributed by atoms with E-state index in [0.717, 1.165) is 21.2 Å². The minimum atomic E-state index is -0.609. The molecule has 3 heterocycles. The van der Waals surface area contributed by atoms with Crippen LogP contribution in [0.4, 0.5) is 0 Å². The topological polar surface area (TPSA) is 60.7 Å². The van der Waals surface area contributed by atoms with E-state index in [4.69, 9.17) is 4.74 Å². The van der Waals surface area contributed by atoms with Gasteiger partial charge in [0.25, 0.3) is 5.56 Å². The van der Waals surface area contributed by atoms with Crippen molar-refractivity contribution in [3.05, 3.63) is 101 Å². The van der Waals surface area contributed by atoms with Gasteiger partial charge in [-0.25, -0.2) is 9.79 Å². The van der Waals surface area contributed by atoms with Crippen molar-refractivity contribution in [1.82, 2.24) is 4.57 Å². The standard InChI is InChI=1S/C25H20N2O3S2/c1-3-30-24(29)21-15(2)26-25-27(23(28)20(32-25)14-17-10-7-13-31-17)22(21)19-12-6-9-16-8-4-5-11-18(16)19/h4-14,22H,3H2,1-2H3/b20-14+. The van der Waals surface area contributed by atoms with Crippen LogP contribution in [-0.2, 0) is 9.53 Å². The van der Waals surface area contributed by atoms with Gasteiger partial charge in [-0.05, 0) is 47.7 Å². The number of hydrogen-bond acceptors (Lipinski definition) is 6. The lowest BCUT2D eigenvalue weighted by atomic mass is 9.91. The summed E-state index contributed by atoms with van der Waals surface area (Å²) in [6.45, 7) is 3.83. The van der Waals surface area contributed by atoms with Gasteiger partial charge in [-0.2, -0.15) is 0 Å². The van der Waals surface area contributed by atoms with Gasteiger partial charge in [0.15, 0.2) is 4.80 Å². The molecule has 0 amide bonds. The lowest BCUT2D eigenvalue weighted by Crippen LogP contribution is -2.40. The van der Waals surface area contributed by atoms with E-state index in [1.807, 2.05) is 66.1 Å². The summed E-state index contributed by atoms with van der Waals surface area (Å²) in [7, 11) is 0. The molecule has 0 spiro atoms. The number of nitrogens with zero attached hydrogens (tertiary/aromatic N) is 2. The summed E-state index contributed by atoms with van der Waals surface area (Å²) in [6.07, 6.45) is 1.89. The van der Waals surface area contributed by atoms with Crippen LogP contribution in [0.2, 0.25) is 0 Å². The van der Waals surface area contributed by atoms with E-state index in [2.05, 4.69) is 4.99 Å². The van der Waals surface area contributed by atoms with Crippen LogP contribution in [0.25, 0.3) is 16.8 Å². The van der Waals surface area contributed by atoms with Crippen molar-refractivity contribution >= 4 is 45.5 Å². The van der Waals surface area contributed by atoms with E-state index in [9.17, 15) is 9.59 Å². The molecule has 2 aromatic carbocycles. The molecule has 1 unspecified atom stereocenters. The zero-order chi connectivity index (χ0) is 22.2. The molecule has 0 N–H and O–H groups in total. The molecule has 5 rings (SSSR count). The molecule has 0 saturated carbocycles. The molecular weight excluding hydrogens is 440 g/mol. The van der Waals surface area contributed by atoms with E-state index in [1.54, 1.807) is 29.8 Å². The van der Waals surface area contributed by atoms with Crippen LogP contribution in [-0.4, -0.2) is 17.1 Å². The third kappa shape index (κ3) is 3.43. The first-order valence-corrected chi connectivity index (χ1v) is 12.0. The van der Waals surface area contributed by atoms with E-state index in [-0.39, 0.29) is 12.2 Å². The molecule has 1 aliphatic heterocycles. The minimum absolute atomic E-state index is 0.158. The smallest absolute Gasteiger partial charge is 0.338 e. The predicted octanol–water partition coefficient (Wildman–Crippen LogP) is 4.01. The predicted molar refractivity (Wildman–Crippen MR) is 129 cm³/mol. The summed E-state index contributed by atoms with van der Waals surface area (Å²) in [4.78, 5) is 32.9. The molecule has 1 atom stereocenters. The highest BCUT2D eigenvalue weighted by Crippen LogP contribution is 2.34. The van der Waals surface area contributed by atoms with Crippen molar-refractivity contribution in [2.45, 2.75) is 19.9 Å². The van der Waals surface area contributed by atoms with Crippen LogP contribution in [0.15, 0.2) is 81.0 Å². The lowest BCUT2D eigenvalue weighted by molar-refractivity contribution is -0.139. The normalized spacial score (nSPS) is 16.2. The van der Waals surface area contributed by atoms with Crippen molar-refractivity contribution in [1.29, 1.82) is 0 Å². The number of benzene rings is 2. The first-order chi connectivity index (χ1) is 15.6. The molecule has 32 heavy (non-hydrogen) atoms. The fraction of sp³-hybridized carbons (Fsp3) is 0.160. The largest absolute Gasteiger partial charge is 0.463 e. The van der Waals surface area contributed by atoms with E-state index in [0.29, 0.717) is 20.6 Å². The SMILES string of the molecule is CCOC(=O)C1=C(C)N=c2s/c(=C/c3cccs3)c(=O)n2C1c1cccc2ccccc12. The zero-order valence-electron chi connectivity index (χ0n) is 17.6. The Balaban J connectivity index is 1.83. The fourth-order valence-electron chi connectivity index (χ4n) is 4.08. The van der Waals surface area contributed by atoms with Gasteiger partial charge < -0.3 is 4.74 Å². The second-order valence-corrected chi connectivity index (χ2v) is 9.37. The van der Waals surface area contributed by atoms with Crippen molar-refractivity contribution in [2.24, 2.45) is 4.99 Å². The Labute approximate surface area is 192 Å². The molecule has 0 bridgehead atoms. The number of hydrogen-bond donors (Lipinski definition) is 0. The monoisotopic (exact) mass is 460 g/mol. The Morgan fingerprint density at radius 2 is 1.97 bits per heavy atom. The van der Waals surface area contributed by atoms with E-state index >= 15 is 0 Å². The van der Waals surface area contributed by atoms with Gasteiger partial charge in [0.1, 0.15) is 0 Å². The van der Waals surface area contributed by atoms with Crippen LogP contribution < -0.4 is 14.9 Å². The molecule has 0 radical (unpaired) electrons. The number of thiazole rings is 1. The second kappa shape index (κ2) is 8.33. The molecule has 2 aromatic heterocycles. The van der Waals surface area contributed by atoms with Crippen molar-refractivity contribution in [3.8, 4) is 0 Å². The summed E-state index contributed by atoms with van der Waals surface area (Å²) in [5.74, 6) is -0.445. The maximum atomic E-state index is 13.6. The van der Waals surface area contributed by atoms with Gasteiger partial charge in [-0.3, -0.25) is 9.36 Å². The summed E-state index contributed by atoms with van der Waals surface area (Å²) < 4.78 is 7.62. The Morgan fingerprint density at radius 1 is 1.16 bits per heavy atom. The van der Waals surface area contributed by atoms with Gasteiger partial charge in [-0.15, -0.1) is 11.3 Å². The number of rotatable bonds is 4. The van der Waals surface area contributed by atoms with Crippen LogP contribution >= 0.6 is 22.7 Å². The number of aromatic nitrogens is 1. The number of ether oxygens (including phenoxy) is 1. The first kappa shape index (κ1) is 20.6. The van der Waals surface area contributed by atoms with Crippen molar-refractivity contribution in [3.63, 3.8) is 0 Å². The van der Waals surface area contributed by atoms with E-state index < -0.39 is 12.0 Å². The van der Waals surface area contributed by atoms with Crippen LogP contribution in [0.1, 0.15) is 30.3 Å². The Hall–Kier alpha value is -3.29. The number of fused-ring (bicyclic) bond motifs is 2. The van der Waals surface area contributed by atoms with Crippen molar-refractivity contribution in [2.75, 3.05) is 6.61 Å². The number of carbonyl (C=O) groups excluding carboxylic acids is 1. The average Bonchev–Trinajstić information content (AvgIpc) is 3.41. The number of carbonyl (C=O) groups is 1. The van der Waals surface area contributed by atoms with Crippen LogP contribution in [0.5, 0.6) is 0 Å². The quantitative estimate of drug-likeness (QED) is 0.432. The minimum Gasteiger partial charge on any atom is -0.463 e. The summed E-state index contributed by atoms with van der Waals surface area (Å²) in [5, 5.41) is 4.01. The fourth-order valence-corrected chi connectivity index (χ4v) is 5.85. The van der Waals surface area contributed by atoms with Crippen LogP contribution in [0.3, 0.4) is 0 Å². The summed E-state index contributed by atoms with van der Waals surface area (Å²) in [5.41, 5.74) is 1.70. The third-order valence-corrected chi connectivity index (χ3v) is 7.25. The number of esters is 1. The highest BCUT2D eigenvalue weighted by molar-refractivity contribution is 7.11. The number of allylic oxidation sites excluding steroid dienone is 1. The second-order valence-electron chi connectivity index (χ2n) is 7.39. The Kier molecular flexibility index (Phi) is 5.36. The summed E-state index contributed by atoms with van der Waals surface area (Å²) >= 11 is 2.92. The molecule has 0 fully saturated rings. The molecule has 1 aliphatic rings. The maximum absolute atomic E-state index is 13.6. The van der Waals surface area contributed by atoms with Gasteiger partial charge >= 0.3 is 5.97 Å². The molecule has 4 aromatic rings. The molecule has 5 nitrogen and oxygen atoms in total. The Morgan fingerprint density at radius 3 is 2.75 bits per heavy atom. The molecule has 0 saturated heterocycles. The lowest BCUT2D eigenvalue weighted by Gasteiger charge is -2.25. The molecule has 160 valence electrons. The highest BCUT2D eigenvalue weighted by Gasteiger charge is 2.34. The van der Waals surface area contributed by atoms with Gasteiger partial charge in [0.05, 0.1) is 28.5 Å². The van der Waals surface area contributed by atoms with Gasteiger partial charge in [-0.1, -0.05) is 59.9 Å².